The Labute approximate surface area is 134 Å². The molecule has 0 radical (unpaired) electrons. The minimum absolute atomic E-state index is 0. The molecule has 0 bridgehead atoms. The zero-order valence-corrected chi connectivity index (χ0v) is 14.0. The Morgan fingerprint density at radius 3 is 2.06 bits per heavy atom. The first-order valence-electron chi connectivity index (χ1n) is 7.67. The zero-order chi connectivity index (χ0) is 14.8. The Morgan fingerprint density at radius 2 is 1.59 bits per heavy atom. The summed E-state index contributed by atoms with van der Waals surface area (Å²) in [5.41, 5.74) is 0. The van der Waals surface area contributed by atoms with Gasteiger partial charge >= 0.3 is 26.2 Å². The van der Waals surface area contributed by atoms with Crippen LogP contribution in [0.15, 0.2) is 0 Å². The standard InChI is InChI=1S/C10H20N2.C2H6N.CH3.Zr/c1-11-8-9-12-7-6-10-4-2-3-5-10;1-3-2;;/h10H,2-9H2,1H3;1-2H3;1H3;/q-2;2*-1;+4/i2D,3D,4D,5D;;;. The number of hydrogen-bond acceptors (Lipinski definition) is 0. The summed E-state index contributed by atoms with van der Waals surface area (Å²) in [6.45, 7) is 2.05. The van der Waals surface area contributed by atoms with Crippen LogP contribution < -0.4 is 0 Å². The number of hydrogen-bond donors (Lipinski definition) is 0. The van der Waals surface area contributed by atoms with Gasteiger partial charge < -0.3 is 23.4 Å². The molecule has 1 rings (SSSR count). The van der Waals surface area contributed by atoms with E-state index in [0.717, 1.165) is 6.54 Å². The molecule has 0 aromatic rings. The molecule has 0 N–H and O–H groups in total. The summed E-state index contributed by atoms with van der Waals surface area (Å²) < 4.78 is 30.8. The van der Waals surface area contributed by atoms with Crippen molar-refractivity contribution in [3.63, 3.8) is 0 Å². The summed E-state index contributed by atoms with van der Waals surface area (Å²) in [6, 6.07) is 0. The third-order valence-electron chi connectivity index (χ3n) is 1.93. The van der Waals surface area contributed by atoms with Gasteiger partial charge in [-0.15, -0.1) is 6.54 Å². The third kappa shape index (κ3) is 16.8. The monoisotopic (exact) mass is 321 g/mol. The second-order valence-corrected chi connectivity index (χ2v) is 3.38. The predicted molar refractivity (Wildman–Crippen MR) is 75.4 cm³/mol. The molecule has 4 atom stereocenters. The maximum Gasteiger partial charge on any atom is 4.00 e. The van der Waals surface area contributed by atoms with Gasteiger partial charge in [-0.25, -0.2) is 0 Å². The number of rotatable bonds is 6. The van der Waals surface area contributed by atoms with E-state index in [9.17, 15) is 0 Å². The molecular formula is C13H29N3Zr. The van der Waals surface area contributed by atoms with Crippen molar-refractivity contribution < 1.29 is 31.7 Å². The summed E-state index contributed by atoms with van der Waals surface area (Å²) in [5, 5.41) is 11.7. The van der Waals surface area contributed by atoms with Crippen LogP contribution in [0.3, 0.4) is 0 Å². The van der Waals surface area contributed by atoms with Gasteiger partial charge in [-0.2, -0.15) is 34.2 Å². The Hall–Kier alpha value is 0.763. The molecule has 0 aromatic carbocycles. The molecule has 0 aromatic heterocycles. The first-order chi connectivity index (χ1) is 9.01. The van der Waals surface area contributed by atoms with Crippen LogP contribution in [0.5, 0.6) is 0 Å². The first-order valence-corrected chi connectivity index (χ1v) is 5.37. The Kier molecular flexibility index (Phi) is 15.9. The van der Waals surface area contributed by atoms with E-state index in [2.05, 4.69) is 16.0 Å². The van der Waals surface area contributed by atoms with E-state index in [1.54, 1.807) is 21.1 Å². The molecule has 4 unspecified atom stereocenters. The second kappa shape index (κ2) is 19.1. The van der Waals surface area contributed by atoms with Gasteiger partial charge in [-0.05, 0) is 5.92 Å². The van der Waals surface area contributed by atoms with Crippen molar-refractivity contribution >= 4 is 0 Å². The molecule has 3 nitrogen and oxygen atoms in total. The van der Waals surface area contributed by atoms with Gasteiger partial charge in [0, 0.05) is 5.48 Å². The molecule has 1 aliphatic rings. The topological polar surface area (TPSA) is 42.3 Å². The molecule has 100 valence electrons. The van der Waals surface area contributed by atoms with Gasteiger partial charge in [-0.3, -0.25) is 0 Å². The summed E-state index contributed by atoms with van der Waals surface area (Å²) in [6.07, 6.45) is -1.96. The van der Waals surface area contributed by atoms with Crippen molar-refractivity contribution in [1.82, 2.24) is 0 Å². The first kappa shape index (κ1) is 14.2. The molecule has 1 saturated carbocycles. The van der Waals surface area contributed by atoms with Gasteiger partial charge in [-0.1, -0.05) is 32.0 Å². The van der Waals surface area contributed by atoms with E-state index in [0.29, 0.717) is 19.5 Å². The molecule has 0 spiro atoms. The van der Waals surface area contributed by atoms with Crippen LogP contribution in [-0.4, -0.2) is 40.8 Å². The molecule has 0 amide bonds. The Balaban J connectivity index is -0.000000596. The minimum atomic E-state index is -0.724. The van der Waals surface area contributed by atoms with E-state index in [1.807, 2.05) is 0 Å². The maximum absolute atomic E-state index is 7.78. The van der Waals surface area contributed by atoms with Crippen LogP contribution in [0.1, 0.15) is 37.5 Å². The van der Waals surface area contributed by atoms with Crippen molar-refractivity contribution in [2.75, 3.05) is 40.8 Å². The molecule has 4 heteroatoms. The summed E-state index contributed by atoms with van der Waals surface area (Å²) in [4.78, 5) is 0. The van der Waals surface area contributed by atoms with Crippen molar-refractivity contribution in [2.45, 2.75) is 32.0 Å². The van der Waals surface area contributed by atoms with Crippen LogP contribution in [0.25, 0.3) is 16.0 Å². The second-order valence-electron chi connectivity index (χ2n) is 3.38. The SMILES string of the molecule is C[N-]C.[2H]C1C([2H])C([2H])C(CC[N-]CC[N-]C)C1[2H].[CH3-].[Zr+4]. The molecule has 0 heterocycles. The zero-order valence-electron chi connectivity index (χ0n) is 15.6. The molecular weight excluding hydrogens is 289 g/mol. The molecule has 0 aliphatic heterocycles. The van der Waals surface area contributed by atoms with Gasteiger partial charge in [0.2, 0.25) is 0 Å². The summed E-state index contributed by atoms with van der Waals surface area (Å²) in [5.74, 6) is -0.160. The summed E-state index contributed by atoms with van der Waals surface area (Å²) in [7, 11) is 5.25. The third-order valence-corrected chi connectivity index (χ3v) is 1.93. The van der Waals surface area contributed by atoms with Crippen LogP contribution in [0.4, 0.5) is 0 Å². The van der Waals surface area contributed by atoms with Crippen LogP contribution in [0, 0.1) is 13.3 Å². The Morgan fingerprint density at radius 1 is 1.06 bits per heavy atom. The molecule has 17 heavy (non-hydrogen) atoms. The van der Waals surface area contributed by atoms with E-state index >= 15 is 0 Å². The van der Waals surface area contributed by atoms with Gasteiger partial charge in [0.05, 0.1) is 0 Å². The number of nitrogens with zero attached hydrogens (tertiary/aromatic N) is 3. The van der Waals surface area contributed by atoms with Crippen molar-refractivity contribution in [3.05, 3.63) is 23.4 Å². The number of likely N-dealkylation sites (N-methyl/N-ethyl adjacent to an activating group) is 1. The average molecular weight is 323 g/mol. The largest absolute Gasteiger partial charge is 4.00 e. The fraction of sp³-hybridized carbons (Fsp3) is 0.923. The van der Waals surface area contributed by atoms with Crippen molar-refractivity contribution in [1.29, 1.82) is 0 Å². The van der Waals surface area contributed by atoms with Gasteiger partial charge in [0.1, 0.15) is 0 Å². The quantitative estimate of drug-likeness (QED) is 0.524. The fourth-order valence-electron chi connectivity index (χ4n) is 1.19. The van der Waals surface area contributed by atoms with E-state index in [1.165, 1.54) is 0 Å². The molecule has 0 saturated heterocycles. The van der Waals surface area contributed by atoms with Gasteiger partial charge in [0.15, 0.2) is 0 Å². The predicted octanol–water partition coefficient (Wildman–Crippen LogP) is 4.01. The van der Waals surface area contributed by atoms with Crippen LogP contribution in [0.2, 0.25) is 0 Å². The van der Waals surface area contributed by atoms with Crippen LogP contribution in [-0.2, 0) is 26.2 Å². The van der Waals surface area contributed by atoms with Crippen LogP contribution >= 0.6 is 0 Å². The van der Waals surface area contributed by atoms with Crippen molar-refractivity contribution in [3.8, 4) is 0 Å². The maximum atomic E-state index is 7.78. The smallest absolute Gasteiger partial charge is 0.668 e. The van der Waals surface area contributed by atoms with E-state index < -0.39 is 25.6 Å². The van der Waals surface area contributed by atoms with Gasteiger partial charge in [0.25, 0.3) is 0 Å². The van der Waals surface area contributed by atoms with E-state index in [-0.39, 0.29) is 39.5 Å². The molecule has 1 fully saturated rings. The minimum Gasteiger partial charge on any atom is -0.668 e. The van der Waals surface area contributed by atoms with Crippen molar-refractivity contribution in [2.24, 2.45) is 5.92 Å². The average Bonchev–Trinajstić information content (AvgIpc) is 2.56. The normalized spacial score (nSPS) is 38.2. The fourth-order valence-corrected chi connectivity index (χ4v) is 1.19. The Bertz CT molecular complexity index is 214. The molecule has 1 aliphatic carbocycles. The summed E-state index contributed by atoms with van der Waals surface area (Å²) >= 11 is 0. The van der Waals surface area contributed by atoms with E-state index in [4.69, 9.17) is 5.48 Å².